The van der Waals surface area contributed by atoms with Gasteiger partial charge in [-0.3, -0.25) is 9.59 Å². The van der Waals surface area contributed by atoms with E-state index in [4.69, 9.17) is 0 Å². The van der Waals surface area contributed by atoms with E-state index in [0.717, 1.165) is 0 Å². The van der Waals surface area contributed by atoms with Crippen molar-refractivity contribution < 1.29 is 60.3 Å². The number of carboxylic acid groups (broad SMARTS) is 1. The predicted molar refractivity (Wildman–Crippen MR) is 52.5 cm³/mol. The Kier molecular flexibility index (Phi) is 10.0. The molecule has 0 aromatic rings. The second-order valence-electron chi connectivity index (χ2n) is 3.28. The number of aliphatic hydroxyl groups is 1. The first kappa shape index (κ1) is 19.6. The van der Waals surface area contributed by atoms with Gasteiger partial charge < -0.3 is 24.5 Å². The summed E-state index contributed by atoms with van der Waals surface area (Å²) >= 11 is 0. The maximum absolute atomic E-state index is 11.1. The number of aliphatic carboxylic acids is 1. The number of rotatable bonds is 7. The molecule has 0 fully saturated rings. The van der Waals surface area contributed by atoms with Crippen molar-refractivity contribution in [3.63, 3.8) is 0 Å². The van der Waals surface area contributed by atoms with Crippen LogP contribution in [-0.2, 0) is 50.1 Å². The van der Waals surface area contributed by atoms with E-state index in [2.05, 4.69) is 9.47 Å². The van der Waals surface area contributed by atoms with Crippen LogP contribution < -0.4 is 5.11 Å². The van der Waals surface area contributed by atoms with E-state index in [1.165, 1.54) is 13.8 Å². The molecule has 0 unspecified atom stereocenters. The van der Waals surface area contributed by atoms with Crippen LogP contribution in [-0.4, -0.2) is 41.8 Å². The van der Waals surface area contributed by atoms with E-state index in [0.29, 0.717) is 0 Å². The van der Waals surface area contributed by atoms with Gasteiger partial charge in [0.1, 0.15) is 5.60 Å². The summed E-state index contributed by atoms with van der Waals surface area (Å²) in [6.45, 7) is 3.14. The molecule has 0 spiro atoms. The third-order valence-electron chi connectivity index (χ3n) is 1.86. The number of hydrogen-bond donors (Lipinski definition) is 1. The van der Waals surface area contributed by atoms with Gasteiger partial charge >= 0.3 is 11.9 Å². The molecule has 1 N–H and O–H groups in total. The third kappa shape index (κ3) is 6.86. The summed E-state index contributed by atoms with van der Waals surface area (Å²) in [5.74, 6) is -3.77. The van der Waals surface area contributed by atoms with Gasteiger partial charge in [0.05, 0.1) is 32.0 Å². The Morgan fingerprint density at radius 2 is 1.39 bits per heavy atom. The van der Waals surface area contributed by atoms with Crippen molar-refractivity contribution in [2.45, 2.75) is 32.3 Å². The summed E-state index contributed by atoms with van der Waals surface area (Å²) in [4.78, 5) is 32.9. The minimum atomic E-state index is -2.60. The summed E-state index contributed by atoms with van der Waals surface area (Å²) in [5.41, 5.74) is -2.60. The summed E-state index contributed by atoms with van der Waals surface area (Å²) < 4.78 is 8.97. The Morgan fingerprint density at radius 1 is 1.06 bits per heavy atom. The van der Waals surface area contributed by atoms with Crippen LogP contribution in [0.5, 0.6) is 0 Å². The van der Waals surface area contributed by atoms with E-state index >= 15 is 0 Å². The Labute approximate surface area is 124 Å². The van der Waals surface area contributed by atoms with Crippen molar-refractivity contribution in [3.05, 3.63) is 0 Å². The SMILES string of the molecule is CCOC(=O)CC(O)(CC(=O)OCC)C(=O)[O-].[Zr]. The third-order valence-corrected chi connectivity index (χ3v) is 1.86. The first-order chi connectivity index (χ1) is 7.85. The molecule has 8 heteroatoms. The van der Waals surface area contributed by atoms with Crippen LogP contribution in [0.2, 0.25) is 0 Å². The average Bonchev–Trinajstić information content (AvgIpc) is 2.17. The number of carbonyl (C=O) groups is 3. The zero-order chi connectivity index (χ0) is 13.5. The molecule has 7 nitrogen and oxygen atoms in total. The van der Waals surface area contributed by atoms with E-state index < -0.39 is 36.4 Å². The van der Waals surface area contributed by atoms with Crippen molar-refractivity contribution in [2.75, 3.05) is 13.2 Å². The zero-order valence-corrected chi connectivity index (χ0v) is 12.7. The van der Waals surface area contributed by atoms with E-state index in [1.807, 2.05) is 0 Å². The molecule has 0 atom stereocenters. The molecule has 0 bridgehead atoms. The van der Waals surface area contributed by atoms with Crippen molar-refractivity contribution >= 4 is 17.9 Å². The standard InChI is InChI=1S/C10H16O7.Zr/c1-3-16-7(11)5-10(15,9(13)14)6-8(12)17-4-2;/h15H,3-6H2,1-2H3,(H,13,14);/p-1. The predicted octanol–water partition coefficient (Wildman–Crippen LogP) is -1.63. The molecule has 0 saturated carbocycles. The van der Waals surface area contributed by atoms with Crippen LogP contribution >= 0.6 is 0 Å². The topological polar surface area (TPSA) is 113 Å². The van der Waals surface area contributed by atoms with Crippen molar-refractivity contribution in [3.8, 4) is 0 Å². The Morgan fingerprint density at radius 3 is 1.61 bits per heavy atom. The van der Waals surface area contributed by atoms with Crippen molar-refractivity contribution in [1.29, 1.82) is 0 Å². The molecule has 0 radical (unpaired) electrons. The Hall–Kier alpha value is -0.747. The fourth-order valence-electron chi connectivity index (χ4n) is 1.11. The van der Waals surface area contributed by atoms with Gasteiger partial charge in [-0.1, -0.05) is 0 Å². The molecular weight excluding hydrogens is 323 g/mol. The molecule has 0 aliphatic carbocycles. The van der Waals surface area contributed by atoms with Gasteiger partial charge in [-0.2, -0.15) is 0 Å². The number of carbonyl (C=O) groups excluding carboxylic acids is 3. The minimum absolute atomic E-state index is 0. The van der Waals surface area contributed by atoms with Crippen LogP contribution in [0, 0.1) is 0 Å². The molecular formula is C10H15O7Zr-. The van der Waals surface area contributed by atoms with Gasteiger partial charge in [0.2, 0.25) is 0 Å². The maximum atomic E-state index is 11.1. The van der Waals surface area contributed by atoms with Gasteiger partial charge in [-0.05, 0) is 13.8 Å². The fraction of sp³-hybridized carbons (Fsp3) is 0.700. The van der Waals surface area contributed by atoms with Crippen LogP contribution in [0.25, 0.3) is 0 Å². The summed E-state index contributed by atoms with van der Waals surface area (Å²) in [6, 6.07) is 0. The van der Waals surface area contributed by atoms with Gasteiger partial charge in [0, 0.05) is 26.2 Å². The van der Waals surface area contributed by atoms with Crippen LogP contribution in [0.1, 0.15) is 26.7 Å². The summed E-state index contributed by atoms with van der Waals surface area (Å²) in [5, 5.41) is 20.3. The van der Waals surface area contributed by atoms with Crippen LogP contribution in [0.15, 0.2) is 0 Å². The molecule has 0 aromatic carbocycles. The van der Waals surface area contributed by atoms with E-state index in [1.54, 1.807) is 0 Å². The molecule has 0 aliphatic rings. The molecule has 0 aromatic heterocycles. The second kappa shape index (κ2) is 9.22. The fourth-order valence-corrected chi connectivity index (χ4v) is 1.11. The number of carboxylic acids is 1. The molecule has 0 heterocycles. The van der Waals surface area contributed by atoms with Crippen LogP contribution in [0.4, 0.5) is 0 Å². The van der Waals surface area contributed by atoms with Crippen LogP contribution in [0.3, 0.4) is 0 Å². The summed E-state index contributed by atoms with van der Waals surface area (Å²) in [6.07, 6.45) is -1.72. The number of esters is 2. The Bertz CT molecular complexity index is 283. The van der Waals surface area contributed by atoms with Gasteiger partial charge in [0.15, 0.2) is 0 Å². The van der Waals surface area contributed by atoms with Gasteiger partial charge in [-0.15, -0.1) is 0 Å². The zero-order valence-electron chi connectivity index (χ0n) is 10.2. The quantitative estimate of drug-likeness (QED) is 0.555. The number of hydrogen-bond acceptors (Lipinski definition) is 7. The van der Waals surface area contributed by atoms with Gasteiger partial charge in [-0.25, -0.2) is 0 Å². The summed E-state index contributed by atoms with van der Waals surface area (Å²) in [7, 11) is 0. The molecule has 18 heavy (non-hydrogen) atoms. The molecule has 0 aliphatic heterocycles. The van der Waals surface area contributed by atoms with Crippen molar-refractivity contribution in [2.24, 2.45) is 0 Å². The smallest absolute Gasteiger partial charge is 0.309 e. The van der Waals surface area contributed by atoms with E-state index in [9.17, 15) is 24.6 Å². The molecule has 102 valence electrons. The largest absolute Gasteiger partial charge is 0.547 e. The Balaban J connectivity index is 0. The average molecular weight is 338 g/mol. The molecule has 0 saturated heterocycles. The van der Waals surface area contributed by atoms with Crippen molar-refractivity contribution in [1.82, 2.24) is 0 Å². The molecule has 0 amide bonds. The number of ether oxygens (including phenoxy) is 2. The monoisotopic (exact) mass is 337 g/mol. The maximum Gasteiger partial charge on any atom is 0.309 e. The second-order valence-corrected chi connectivity index (χ2v) is 3.28. The first-order valence-corrected chi connectivity index (χ1v) is 5.10. The first-order valence-electron chi connectivity index (χ1n) is 5.10. The van der Waals surface area contributed by atoms with E-state index in [-0.39, 0.29) is 39.4 Å². The van der Waals surface area contributed by atoms with Gasteiger partial charge in [0.25, 0.3) is 0 Å². The molecule has 0 rings (SSSR count). The normalized spacial score (nSPS) is 10.2. The minimum Gasteiger partial charge on any atom is -0.547 e.